The minimum absolute atomic E-state index is 0.277. The molecular weight excluding hydrogens is 277 g/mol. The Balaban J connectivity index is 2.51. The van der Waals surface area contributed by atoms with E-state index in [2.05, 4.69) is 41.7 Å². The van der Waals surface area contributed by atoms with Crippen LogP contribution in [-0.4, -0.2) is 11.6 Å². The SMILES string of the molecule is CC(C)(C)CCOc1ncc(Cl)cc1Br. The highest BCUT2D eigenvalue weighted by Gasteiger charge is 2.11. The summed E-state index contributed by atoms with van der Waals surface area (Å²) in [7, 11) is 0. The molecule has 0 radical (unpaired) electrons. The molecule has 0 bridgehead atoms. The number of halogens is 2. The highest BCUT2D eigenvalue weighted by Crippen LogP contribution is 2.26. The van der Waals surface area contributed by atoms with Crippen molar-refractivity contribution in [3.63, 3.8) is 0 Å². The second-order valence-electron chi connectivity index (χ2n) is 4.60. The lowest BCUT2D eigenvalue weighted by atomic mass is 9.93. The standard InChI is InChI=1S/C11H15BrClNO/c1-11(2,3)4-5-15-10-9(12)6-8(13)7-14-10/h6-7H,4-5H2,1-3H3. The molecule has 1 heterocycles. The Hall–Kier alpha value is -0.280. The largest absolute Gasteiger partial charge is 0.477 e. The molecule has 1 aromatic rings. The van der Waals surface area contributed by atoms with E-state index in [1.54, 1.807) is 12.3 Å². The normalized spacial score (nSPS) is 11.5. The molecule has 0 fully saturated rings. The third-order valence-electron chi connectivity index (χ3n) is 1.86. The van der Waals surface area contributed by atoms with Gasteiger partial charge in [0.2, 0.25) is 5.88 Å². The zero-order chi connectivity index (χ0) is 11.5. The molecule has 2 nitrogen and oxygen atoms in total. The van der Waals surface area contributed by atoms with E-state index in [1.165, 1.54) is 0 Å². The van der Waals surface area contributed by atoms with Crippen LogP contribution < -0.4 is 4.74 Å². The average molecular weight is 293 g/mol. The Morgan fingerprint density at radius 2 is 2.13 bits per heavy atom. The number of rotatable bonds is 3. The second-order valence-corrected chi connectivity index (χ2v) is 5.89. The van der Waals surface area contributed by atoms with Crippen molar-refractivity contribution in [2.24, 2.45) is 5.41 Å². The van der Waals surface area contributed by atoms with Crippen LogP contribution in [0.2, 0.25) is 5.02 Å². The monoisotopic (exact) mass is 291 g/mol. The summed E-state index contributed by atoms with van der Waals surface area (Å²) in [6.45, 7) is 7.21. The fourth-order valence-electron chi connectivity index (χ4n) is 0.962. The van der Waals surface area contributed by atoms with Crippen molar-refractivity contribution in [3.8, 4) is 5.88 Å². The molecule has 0 aliphatic heterocycles. The van der Waals surface area contributed by atoms with Crippen molar-refractivity contribution >= 4 is 27.5 Å². The van der Waals surface area contributed by atoms with Gasteiger partial charge >= 0.3 is 0 Å². The minimum Gasteiger partial charge on any atom is -0.477 e. The maximum atomic E-state index is 5.78. The second kappa shape index (κ2) is 5.17. The summed E-state index contributed by atoms with van der Waals surface area (Å²) >= 11 is 9.13. The number of aromatic nitrogens is 1. The number of hydrogen-bond acceptors (Lipinski definition) is 2. The first kappa shape index (κ1) is 12.8. The molecule has 1 aromatic heterocycles. The van der Waals surface area contributed by atoms with Crippen molar-refractivity contribution in [1.29, 1.82) is 0 Å². The third-order valence-corrected chi connectivity index (χ3v) is 2.64. The van der Waals surface area contributed by atoms with Gasteiger partial charge in [0.15, 0.2) is 0 Å². The van der Waals surface area contributed by atoms with Crippen molar-refractivity contribution in [2.75, 3.05) is 6.61 Å². The predicted molar refractivity (Wildman–Crippen MR) is 66.5 cm³/mol. The van der Waals surface area contributed by atoms with Crippen LogP contribution in [0, 0.1) is 5.41 Å². The van der Waals surface area contributed by atoms with Gasteiger partial charge < -0.3 is 4.74 Å². The molecule has 0 N–H and O–H groups in total. The van der Waals surface area contributed by atoms with Crippen LogP contribution in [0.5, 0.6) is 5.88 Å². The maximum Gasteiger partial charge on any atom is 0.228 e. The molecule has 0 saturated carbocycles. The van der Waals surface area contributed by atoms with E-state index in [1.807, 2.05) is 0 Å². The number of pyridine rings is 1. The van der Waals surface area contributed by atoms with E-state index in [0.717, 1.165) is 10.9 Å². The van der Waals surface area contributed by atoms with Crippen LogP contribution in [0.3, 0.4) is 0 Å². The lowest BCUT2D eigenvalue weighted by molar-refractivity contribution is 0.235. The van der Waals surface area contributed by atoms with Crippen LogP contribution >= 0.6 is 27.5 Å². The maximum absolute atomic E-state index is 5.78. The van der Waals surface area contributed by atoms with Gasteiger partial charge in [-0.15, -0.1) is 0 Å². The van der Waals surface area contributed by atoms with Crippen LogP contribution in [0.25, 0.3) is 0 Å². The molecule has 84 valence electrons. The zero-order valence-corrected chi connectivity index (χ0v) is 11.5. The predicted octanol–water partition coefficient (Wildman–Crippen LogP) is 4.31. The van der Waals surface area contributed by atoms with Gasteiger partial charge in [0.1, 0.15) is 0 Å². The van der Waals surface area contributed by atoms with E-state index < -0.39 is 0 Å². The average Bonchev–Trinajstić information content (AvgIpc) is 2.07. The summed E-state index contributed by atoms with van der Waals surface area (Å²) < 4.78 is 6.35. The molecule has 0 amide bonds. The summed E-state index contributed by atoms with van der Waals surface area (Å²) in [5, 5.41) is 0.602. The number of nitrogens with zero attached hydrogens (tertiary/aromatic N) is 1. The number of hydrogen-bond donors (Lipinski definition) is 0. The summed E-state index contributed by atoms with van der Waals surface area (Å²) in [5.41, 5.74) is 0.277. The first-order chi connectivity index (χ1) is 6.88. The van der Waals surface area contributed by atoms with Gasteiger partial charge in [0, 0.05) is 6.20 Å². The van der Waals surface area contributed by atoms with Gasteiger partial charge in [0.05, 0.1) is 16.1 Å². The fraction of sp³-hybridized carbons (Fsp3) is 0.545. The van der Waals surface area contributed by atoms with E-state index >= 15 is 0 Å². The summed E-state index contributed by atoms with van der Waals surface area (Å²) in [6.07, 6.45) is 2.57. The molecule has 0 saturated heterocycles. The van der Waals surface area contributed by atoms with Gasteiger partial charge in [-0.25, -0.2) is 4.98 Å². The quantitative estimate of drug-likeness (QED) is 0.828. The minimum atomic E-state index is 0.277. The molecule has 1 rings (SSSR count). The molecule has 0 aliphatic carbocycles. The Labute approximate surface area is 104 Å². The summed E-state index contributed by atoms with van der Waals surface area (Å²) in [5.74, 6) is 0.601. The zero-order valence-electron chi connectivity index (χ0n) is 9.18. The molecule has 0 aromatic carbocycles. The summed E-state index contributed by atoms with van der Waals surface area (Å²) in [4.78, 5) is 4.10. The first-order valence-corrected chi connectivity index (χ1v) is 5.99. The van der Waals surface area contributed by atoms with Crippen molar-refractivity contribution < 1.29 is 4.74 Å². The fourth-order valence-corrected chi connectivity index (χ4v) is 1.72. The van der Waals surface area contributed by atoms with Gasteiger partial charge in [-0.2, -0.15) is 0 Å². The topological polar surface area (TPSA) is 22.1 Å². The van der Waals surface area contributed by atoms with Gasteiger partial charge in [-0.1, -0.05) is 32.4 Å². The Morgan fingerprint density at radius 3 is 2.67 bits per heavy atom. The van der Waals surface area contributed by atoms with Crippen molar-refractivity contribution in [3.05, 3.63) is 21.8 Å². The highest BCUT2D eigenvalue weighted by atomic mass is 79.9. The summed E-state index contributed by atoms with van der Waals surface area (Å²) in [6, 6.07) is 1.78. The third kappa shape index (κ3) is 4.85. The molecule has 0 aliphatic rings. The smallest absolute Gasteiger partial charge is 0.228 e. The highest BCUT2D eigenvalue weighted by molar-refractivity contribution is 9.10. The molecule has 0 spiro atoms. The van der Waals surface area contributed by atoms with Crippen molar-refractivity contribution in [1.82, 2.24) is 4.98 Å². The molecular formula is C11H15BrClNO. The Kier molecular flexibility index (Phi) is 4.41. The van der Waals surface area contributed by atoms with E-state index in [9.17, 15) is 0 Å². The lowest BCUT2D eigenvalue weighted by Crippen LogP contribution is -2.11. The van der Waals surface area contributed by atoms with Crippen LogP contribution in [0.1, 0.15) is 27.2 Å². The molecule has 15 heavy (non-hydrogen) atoms. The first-order valence-electron chi connectivity index (χ1n) is 4.82. The van der Waals surface area contributed by atoms with Crippen molar-refractivity contribution in [2.45, 2.75) is 27.2 Å². The van der Waals surface area contributed by atoms with Crippen LogP contribution in [0.4, 0.5) is 0 Å². The van der Waals surface area contributed by atoms with Crippen LogP contribution in [0.15, 0.2) is 16.7 Å². The van der Waals surface area contributed by atoms with Crippen LogP contribution in [-0.2, 0) is 0 Å². The van der Waals surface area contributed by atoms with Gasteiger partial charge in [-0.05, 0) is 33.8 Å². The van der Waals surface area contributed by atoms with Gasteiger partial charge in [0.25, 0.3) is 0 Å². The van der Waals surface area contributed by atoms with E-state index in [4.69, 9.17) is 16.3 Å². The van der Waals surface area contributed by atoms with E-state index in [0.29, 0.717) is 17.5 Å². The molecule has 0 atom stereocenters. The molecule has 0 unspecified atom stereocenters. The Bertz CT molecular complexity index is 336. The Morgan fingerprint density at radius 1 is 1.47 bits per heavy atom. The van der Waals surface area contributed by atoms with E-state index in [-0.39, 0.29) is 5.41 Å². The molecule has 4 heteroatoms. The van der Waals surface area contributed by atoms with Gasteiger partial charge in [-0.3, -0.25) is 0 Å². The lowest BCUT2D eigenvalue weighted by Gasteiger charge is -2.18. The number of ether oxygens (including phenoxy) is 1.